The average Bonchev–Trinajstić information content (AvgIpc) is 3.01. The number of phenols is 1. The first-order valence-corrected chi connectivity index (χ1v) is 16.2. The van der Waals surface area contributed by atoms with Gasteiger partial charge in [0, 0.05) is 6.42 Å². The molecule has 0 aliphatic carbocycles. The number of aliphatic hydroxyl groups excluding tert-OH is 1. The number of benzene rings is 1. The van der Waals surface area contributed by atoms with E-state index in [2.05, 4.69) is 21.3 Å². The van der Waals surface area contributed by atoms with Crippen LogP contribution in [0.1, 0.15) is 59.4 Å². The summed E-state index contributed by atoms with van der Waals surface area (Å²) in [6.07, 6.45) is -3.32. The molecule has 1 rings (SSSR count). The summed E-state index contributed by atoms with van der Waals surface area (Å²) in [5.74, 6) is -8.98. The molecule has 0 aliphatic heterocycles. The lowest BCUT2D eigenvalue weighted by atomic mass is 9.99. The largest absolute Gasteiger partial charge is 0.508 e. The number of amides is 7. The van der Waals surface area contributed by atoms with Crippen LogP contribution >= 0.6 is 0 Å². The third-order valence-corrected chi connectivity index (χ3v) is 7.49. The maximum absolute atomic E-state index is 13.7. The molecule has 19 heteroatoms. The predicted octanol–water partition coefficient (Wildman–Crippen LogP) is -3.40. The van der Waals surface area contributed by atoms with Crippen molar-refractivity contribution < 1.29 is 53.7 Å². The number of hydrogen-bond acceptors (Lipinski definition) is 11. The summed E-state index contributed by atoms with van der Waals surface area (Å²) >= 11 is 0. The molecule has 0 aliphatic rings. The van der Waals surface area contributed by atoms with E-state index in [1.165, 1.54) is 24.3 Å². The first kappa shape index (κ1) is 43.7. The van der Waals surface area contributed by atoms with Crippen molar-refractivity contribution in [3.63, 3.8) is 0 Å². The molecule has 7 amide bonds. The molecule has 0 fully saturated rings. The van der Waals surface area contributed by atoms with Gasteiger partial charge in [-0.1, -0.05) is 39.8 Å². The van der Waals surface area contributed by atoms with Gasteiger partial charge in [0.25, 0.3) is 0 Å². The quantitative estimate of drug-likeness (QED) is 0.0592. The summed E-state index contributed by atoms with van der Waals surface area (Å²) in [6, 6.07) is -3.27. The SMILES string of the molecule is CC(C)C[C@H](NC(=O)[C@@H](N)C(C)C)C(=O)N[C@@H](Cc1ccc(O)cc1)C(=O)N[C@H](C(=O)N[C@@H](CC(N)=O)C(=O)N[C@@H](CC(N)=O)C(=O)O)[C@@H](C)O. The predicted molar refractivity (Wildman–Crippen MR) is 181 cm³/mol. The van der Waals surface area contributed by atoms with Gasteiger partial charge in [-0.25, -0.2) is 4.79 Å². The van der Waals surface area contributed by atoms with E-state index in [1.807, 2.05) is 19.2 Å². The summed E-state index contributed by atoms with van der Waals surface area (Å²) in [4.78, 5) is 101. The van der Waals surface area contributed by atoms with Crippen LogP contribution in [0.3, 0.4) is 0 Å². The number of carbonyl (C=O) groups is 8. The third-order valence-electron chi connectivity index (χ3n) is 7.49. The number of nitrogens with one attached hydrogen (secondary N) is 5. The molecule has 1 aromatic carbocycles. The molecular weight excluding hydrogens is 672 g/mol. The lowest BCUT2D eigenvalue weighted by Crippen LogP contribution is -2.62. The zero-order chi connectivity index (χ0) is 39.2. The maximum atomic E-state index is 13.7. The molecule has 284 valence electrons. The smallest absolute Gasteiger partial charge is 0.326 e. The van der Waals surface area contributed by atoms with Gasteiger partial charge < -0.3 is 59.1 Å². The normalized spacial score (nSPS) is 15.2. The first-order valence-electron chi connectivity index (χ1n) is 16.2. The molecule has 0 unspecified atom stereocenters. The summed E-state index contributed by atoms with van der Waals surface area (Å²) in [5, 5.41) is 41.1. The number of phenolic OH excluding ortho intramolecular Hbond substituents is 1. The van der Waals surface area contributed by atoms with E-state index in [4.69, 9.17) is 17.2 Å². The summed E-state index contributed by atoms with van der Waals surface area (Å²) in [7, 11) is 0. The molecule has 0 saturated heterocycles. The van der Waals surface area contributed by atoms with Crippen LogP contribution in [0, 0.1) is 11.8 Å². The van der Waals surface area contributed by atoms with Gasteiger partial charge in [0.05, 0.1) is 25.0 Å². The van der Waals surface area contributed by atoms with Gasteiger partial charge in [-0.05, 0) is 42.9 Å². The Morgan fingerprint density at radius 2 is 1.10 bits per heavy atom. The van der Waals surface area contributed by atoms with Gasteiger partial charge >= 0.3 is 5.97 Å². The van der Waals surface area contributed by atoms with Crippen LogP contribution in [-0.4, -0.2) is 105 Å². The van der Waals surface area contributed by atoms with E-state index in [1.54, 1.807) is 13.8 Å². The Labute approximate surface area is 294 Å². The fourth-order valence-electron chi connectivity index (χ4n) is 4.63. The average molecular weight is 723 g/mol. The molecular formula is C32H50N8O11. The van der Waals surface area contributed by atoms with Gasteiger partial charge in [-0.2, -0.15) is 0 Å². The third kappa shape index (κ3) is 15.4. The standard InChI is InChI=1S/C32H50N8O11/c1-14(2)10-19(37-30(48)25(35)15(3)4)27(45)36-20(11-17-6-8-18(42)9-7-17)29(47)40-26(16(5)41)31(49)38-21(12-23(33)43)28(46)39-22(32(50)51)13-24(34)44/h6-9,14-16,19-22,25-26,41-42H,10-13,35H2,1-5H3,(H2,33,43)(H2,34,44)(H,36,45)(H,37,48)(H,38,49)(H,39,46)(H,40,47)(H,50,51)/t16-,19+,20+,21+,22+,25+,26+/m1/s1. The molecule has 0 saturated carbocycles. The van der Waals surface area contributed by atoms with Gasteiger partial charge in [0.1, 0.15) is 36.0 Å². The van der Waals surface area contributed by atoms with Crippen molar-refractivity contribution in [3.05, 3.63) is 29.8 Å². The topological polar surface area (TPSA) is 335 Å². The first-order chi connectivity index (χ1) is 23.6. The fourth-order valence-corrected chi connectivity index (χ4v) is 4.63. The van der Waals surface area contributed by atoms with Gasteiger partial charge in [-0.3, -0.25) is 33.6 Å². The van der Waals surface area contributed by atoms with E-state index in [9.17, 15) is 53.7 Å². The monoisotopic (exact) mass is 722 g/mol. The Balaban J connectivity index is 3.38. The fraction of sp³-hybridized carbons (Fsp3) is 0.562. The zero-order valence-corrected chi connectivity index (χ0v) is 29.2. The Morgan fingerprint density at radius 3 is 1.57 bits per heavy atom. The molecule has 0 aromatic heterocycles. The molecule has 0 bridgehead atoms. The molecule has 0 spiro atoms. The highest BCUT2D eigenvalue weighted by Crippen LogP contribution is 2.13. The number of aromatic hydroxyl groups is 1. The number of aliphatic hydroxyl groups is 1. The highest BCUT2D eigenvalue weighted by atomic mass is 16.4. The van der Waals surface area contributed by atoms with E-state index in [0.29, 0.717) is 5.56 Å². The molecule has 7 atom stereocenters. The number of carboxylic acid groups (broad SMARTS) is 1. The Hall–Kier alpha value is -5.30. The lowest BCUT2D eigenvalue weighted by Gasteiger charge is -2.28. The highest BCUT2D eigenvalue weighted by molar-refractivity contribution is 5.98. The second-order valence-corrected chi connectivity index (χ2v) is 12.9. The van der Waals surface area contributed by atoms with Crippen LogP contribution in [0.5, 0.6) is 5.75 Å². The van der Waals surface area contributed by atoms with Crippen molar-refractivity contribution >= 4 is 47.3 Å². The van der Waals surface area contributed by atoms with Crippen molar-refractivity contribution in [2.45, 2.75) is 103 Å². The minimum atomic E-state index is -1.82. The molecule has 0 radical (unpaired) electrons. The van der Waals surface area contributed by atoms with Crippen LogP contribution < -0.4 is 43.8 Å². The molecule has 1 aromatic rings. The summed E-state index contributed by atoms with van der Waals surface area (Å²) in [5.41, 5.74) is 16.7. The van der Waals surface area contributed by atoms with Crippen LogP contribution in [0.15, 0.2) is 24.3 Å². The second-order valence-electron chi connectivity index (χ2n) is 12.9. The number of nitrogens with two attached hydrogens (primary N) is 3. The number of hydrogen-bond donors (Lipinski definition) is 11. The number of primary amides is 2. The number of rotatable bonds is 21. The Bertz CT molecular complexity index is 1420. The second kappa shape index (κ2) is 20.4. The number of aliphatic carboxylic acids is 1. The van der Waals surface area contributed by atoms with Crippen LogP contribution in [0.2, 0.25) is 0 Å². The number of carbonyl (C=O) groups excluding carboxylic acids is 7. The van der Waals surface area contributed by atoms with Crippen molar-refractivity contribution in [2.75, 3.05) is 0 Å². The minimum absolute atomic E-state index is 0.0744. The summed E-state index contributed by atoms with van der Waals surface area (Å²) < 4.78 is 0. The van der Waals surface area contributed by atoms with Crippen molar-refractivity contribution in [3.8, 4) is 5.75 Å². The summed E-state index contributed by atoms with van der Waals surface area (Å²) in [6.45, 7) is 8.21. The zero-order valence-electron chi connectivity index (χ0n) is 29.2. The highest BCUT2D eigenvalue weighted by Gasteiger charge is 2.35. The van der Waals surface area contributed by atoms with Crippen LogP contribution in [0.4, 0.5) is 0 Å². The maximum Gasteiger partial charge on any atom is 0.326 e. The molecule has 14 N–H and O–H groups in total. The van der Waals surface area contributed by atoms with Crippen molar-refractivity contribution in [2.24, 2.45) is 29.0 Å². The molecule has 51 heavy (non-hydrogen) atoms. The Morgan fingerprint density at radius 1 is 0.647 bits per heavy atom. The van der Waals surface area contributed by atoms with E-state index in [-0.39, 0.29) is 30.4 Å². The van der Waals surface area contributed by atoms with Crippen molar-refractivity contribution in [1.82, 2.24) is 26.6 Å². The van der Waals surface area contributed by atoms with E-state index >= 15 is 0 Å². The Kier molecular flexibility index (Phi) is 17.5. The van der Waals surface area contributed by atoms with Crippen molar-refractivity contribution in [1.29, 1.82) is 0 Å². The van der Waals surface area contributed by atoms with E-state index < -0.39 is 103 Å². The molecule has 0 heterocycles. The van der Waals surface area contributed by atoms with Gasteiger partial charge in [0.2, 0.25) is 41.4 Å². The lowest BCUT2D eigenvalue weighted by molar-refractivity contribution is -0.144. The van der Waals surface area contributed by atoms with E-state index in [0.717, 1.165) is 6.92 Å². The van der Waals surface area contributed by atoms with Crippen LogP contribution in [-0.2, 0) is 44.8 Å². The van der Waals surface area contributed by atoms with Crippen LogP contribution in [0.25, 0.3) is 0 Å². The van der Waals surface area contributed by atoms with Gasteiger partial charge in [0.15, 0.2) is 0 Å². The number of carboxylic acids is 1. The van der Waals surface area contributed by atoms with Gasteiger partial charge in [-0.15, -0.1) is 0 Å². The minimum Gasteiger partial charge on any atom is -0.508 e. The molecule has 19 nitrogen and oxygen atoms in total.